The first-order valence-corrected chi connectivity index (χ1v) is 6.91. The molecule has 19 heavy (non-hydrogen) atoms. The summed E-state index contributed by atoms with van der Waals surface area (Å²) in [7, 11) is 0. The van der Waals surface area contributed by atoms with Crippen LogP contribution in [0.25, 0.3) is 0 Å². The van der Waals surface area contributed by atoms with E-state index in [2.05, 4.69) is 29.6 Å². The second kappa shape index (κ2) is 5.14. The zero-order valence-corrected chi connectivity index (χ0v) is 11.3. The normalized spacial score (nSPS) is 14.4. The first-order valence-electron chi connectivity index (χ1n) is 6.53. The molecule has 1 aliphatic rings. The molecule has 3 heteroatoms. The Bertz CT molecular complexity index is 576. The van der Waals surface area contributed by atoms with Crippen molar-refractivity contribution in [3.63, 3.8) is 0 Å². The first-order chi connectivity index (χ1) is 9.22. The molecule has 2 nitrogen and oxygen atoms in total. The standard InChI is InChI=1S/C16H16ClNO/c17-15-9-14(7-8-16(15)19)18-10-11-1-3-12(4-2-11)13-5-6-13/h1-4,7-9,13,18-19H,5-6,10H2. The number of anilines is 1. The third kappa shape index (κ3) is 3.02. The van der Waals surface area contributed by atoms with E-state index in [0.717, 1.165) is 18.2 Å². The fourth-order valence-corrected chi connectivity index (χ4v) is 2.33. The lowest BCUT2D eigenvalue weighted by atomic mass is 10.1. The fraction of sp³-hybridized carbons (Fsp3) is 0.250. The van der Waals surface area contributed by atoms with Crippen molar-refractivity contribution in [3.8, 4) is 5.75 Å². The topological polar surface area (TPSA) is 32.3 Å². The van der Waals surface area contributed by atoms with Crippen LogP contribution in [0.4, 0.5) is 5.69 Å². The third-order valence-electron chi connectivity index (χ3n) is 3.47. The Morgan fingerprint density at radius 1 is 1.11 bits per heavy atom. The maximum atomic E-state index is 9.36. The maximum absolute atomic E-state index is 9.36. The van der Waals surface area contributed by atoms with Gasteiger partial charge >= 0.3 is 0 Å². The lowest BCUT2D eigenvalue weighted by Crippen LogP contribution is -1.99. The summed E-state index contributed by atoms with van der Waals surface area (Å²) in [5, 5.41) is 13.0. The molecule has 0 bridgehead atoms. The molecule has 0 amide bonds. The van der Waals surface area contributed by atoms with Gasteiger partial charge in [0, 0.05) is 12.2 Å². The van der Waals surface area contributed by atoms with Crippen molar-refractivity contribution in [1.82, 2.24) is 0 Å². The van der Waals surface area contributed by atoms with Crippen molar-refractivity contribution < 1.29 is 5.11 Å². The number of nitrogens with one attached hydrogen (secondary N) is 1. The summed E-state index contributed by atoms with van der Waals surface area (Å²) >= 11 is 5.87. The molecule has 0 unspecified atom stereocenters. The number of rotatable bonds is 4. The molecule has 0 aromatic heterocycles. The highest BCUT2D eigenvalue weighted by atomic mass is 35.5. The van der Waals surface area contributed by atoms with E-state index in [1.165, 1.54) is 24.0 Å². The zero-order chi connectivity index (χ0) is 13.2. The summed E-state index contributed by atoms with van der Waals surface area (Å²) in [6.45, 7) is 0.756. The van der Waals surface area contributed by atoms with Crippen LogP contribution in [0.1, 0.15) is 29.9 Å². The van der Waals surface area contributed by atoms with Crippen LogP contribution in [0.2, 0.25) is 5.02 Å². The van der Waals surface area contributed by atoms with Gasteiger partial charge in [-0.05, 0) is 48.1 Å². The molecule has 0 heterocycles. The van der Waals surface area contributed by atoms with Gasteiger partial charge in [0.15, 0.2) is 0 Å². The quantitative estimate of drug-likeness (QED) is 0.802. The highest BCUT2D eigenvalue weighted by molar-refractivity contribution is 6.32. The Kier molecular flexibility index (Phi) is 3.34. The lowest BCUT2D eigenvalue weighted by molar-refractivity contribution is 0.475. The molecule has 3 rings (SSSR count). The van der Waals surface area contributed by atoms with Crippen LogP contribution in [-0.2, 0) is 6.54 Å². The number of hydrogen-bond acceptors (Lipinski definition) is 2. The summed E-state index contributed by atoms with van der Waals surface area (Å²) in [5.74, 6) is 0.916. The van der Waals surface area contributed by atoms with Crippen LogP contribution in [0.3, 0.4) is 0 Å². The Hall–Kier alpha value is -1.67. The van der Waals surface area contributed by atoms with Gasteiger partial charge < -0.3 is 10.4 Å². The van der Waals surface area contributed by atoms with Crippen molar-refractivity contribution in [2.45, 2.75) is 25.3 Å². The molecule has 1 saturated carbocycles. The second-order valence-corrected chi connectivity index (χ2v) is 5.44. The molecule has 1 aliphatic carbocycles. The van der Waals surface area contributed by atoms with Gasteiger partial charge in [0.2, 0.25) is 0 Å². The molecule has 0 saturated heterocycles. The molecule has 1 fully saturated rings. The average molecular weight is 274 g/mol. The number of benzene rings is 2. The molecular formula is C16H16ClNO. The number of phenols is 1. The molecule has 2 aromatic carbocycles. The Morgan fingerprint density at radius 2 is 1.84 bits per heavy atom. The van der Waals surface area contributed by atoms with Gasteiger partial charge in [-0.1, -0.05) is 35.9 Å². The third-order valence-corrected chi connectivity index (χ3v) is 3.78. The molecule has 0 radical (unpaired) electrons. The molecule has 2 N–H and O–H groups in total. The number of hydrogen-bond donors (Lipinski definition) is 2. The van der Waals surface area contributed by atoms with Crippen LogP contribution < -0.4 is 5.32 Å². The molecule has 0 aliphatic heterocycles. The smallest absolute Gasteiger partial charge is 0.134 e. The second-order valence-electron chi connectivity index (χ2n) is 5.04. The highest BCUT2D eigenvalue weighted by Gasteiger charge is 2.22. The maximum Gasteiger partial charge on any atom is 0.134 e. The monoisotopic (exact) mass is 273 g/mol. The summed E-state index contributed by atoms with van der Waals surface area (Å²) in [5.41, 5.74) is 3.61. The van der Waals surface area contributed by atoms with Crippen molar-refractivity contribution in [3.05, 3.63) is 58.6 Å². The predicted octanol–water partition coefficient (Wildman–Crippen LogP) is 4.54. The molecule has 98 valence electrons. The van der Waals surface area contributed by atoms with E-state index >= 15 is 0 Å². The van der Waals surface area contributed by atoms with Crippen LogP contribution in [0.15, 0.2) is 42.5 Å². The molecule has 0 atom stereocenters. The van der Waals surface area contributed by atoms with E-state index in [4.69, 9.17) is 11.6 Å². The summed E-state index contributed by atoms with van der Waals surface area (Å²) in [4.78, 5) is 0. The fourth-order valence-electron chi connectivity index (χ4n) is 2.15. The summed E-state index contributed by atoms with van der Waals surface area (Å²) in [6.07, 6.45) is 2.67. The lowest BCUT2D eigenvalue weighted by Gasteiger charge is -2.08. The van der Waals surface area contributed by atoms with E-state index in [1.807, 2.05) is 6.07 Å². The molecular weight excluding hydrogens is 258 g/mol. The summed E-state index contributed by atoms with van der Waals surface area (Å²) in [6, 6.07) is 13.9. The molecule has 2 aromatic rings. The van der Waals surface area contributed by atoms with Crippen molar-refractivity contribution in [2.75, 3.05) is 5.32 Å². The number of aromatic hydroxyl groups is 1. The van der Waals surface area contributed by atoms with Crippen LogP contribution in [0.5, 0.6) is 5.75 Å². The Labute approximate surface area is 118 Å². The van der Waals surface area contributed by atoms with Gasteiger partial charge in [-0.3, -0.25) is 0 Å². The highest BCUT2D eigenvalue weighted by Crippen LogP contribution is 2.39. The van der Waals surface area contributed by atoms with E-state index < -0.39 is 0 Å². The Morgan fingerprint density at radius 3 is 2.47 bits per heavy atom. The van der Waals surface area contributed by atoms with E-state index in [1.54, 1.807) is 12.1 Å². The number of halogens is 1. The van der Waals surface area contributed by atoms with Crippen molar-refractivity contribution in [1.29, 1.82) is 0 Å². The van der Waals surface area contributed by atoms with E-state index in [0.29, 0.717) is 5.02 Å². The largest absolute Gasteiger partial charge is 0.506 e. The van der Waals surface area contributed by atoms with Crippen molar-refractivity contribution in [2.24, 2.45) is 0 Å². The minimum absolute atomic E-state index is 0.112. The minimum atomic E-state index is 0.112. The zero-order valence-electron chi connectivity index (χ0n) is 10.6. The van der Waals surface area contributed by atoms with E-state index in [9.17, 15) is 5.11 Å². The predicted molar refractivity (Wildman–Crippen MR) is 78.9 cm³/mol. The van der Waals surface area contributed by atoms with Gasteiger partial charge in [0.05, 0.1) is 5.02 Å². The first kappa shape index (κ1) is 12.4. The minimum Gasteiger partial charge on any atom is -0.506 e. The Balaban J connectivity index is 1.63. The van der Waals surface area contributed by atoms with Crippen LogP contribution >= 0.6 is 11.6 Å². The van der Waals surface area contributed by atoms with Crippen LogP contribution in [0, 0.1) is 0 Å². The van der Waals surface area contributed by atoms with Gasteiger partial charge in [0.25, 0.3) is 0 Å². The van der Waals surface area contributed by atoms with Gasteiger partial charge in [-0.25, -0.2) is 0 Å². The molecule has 0 spiro atoms. The van der Waals surface area contributed by atoms with Gasteiger partial charge in [0.1, 0.15) is 5.75 Å². The van der Waals surface area contributed by atoms with Crippen LogP contribution in [-0.4, -0.2) is 5.11 Å². The van der Waals surface area contributed by atoms with E-state index in [-0.39, 0.29) is 5.75 Å². The SMILES string of the molecule is Oc1ccc(NCc2ccc(C3CC3)cc2)cc1Cl. The van der Waals surface area contributed by atoms with Gasteiger partial charge in [-0.2, -0.15) is 0 Å². The number of phenolic OH excluding ortho intramolecular Hbond substituents is 1. The summed E-state index contributed by atoms with van der Waals surface area (Å²) < 4.78 is 0. The van der Waals surface area contributed by atoms with Crippen molar-refractivity contribution >= 4 is 17.3 Å². The van der Waals surface area contributed by atoms with Gasteiger partial charge in [-0.15, -0.1) is 0 Å². The average Bonchev–Trinajstić information content (AvgIpc) is 3.25.